The van der Waals surface area contributed by atoms with Gasteiger partial charge in [-0.15, -0.1) is 0 Å². The minimum Gasteiger partial charge on any atom is -0.453 e. The molecule has 0 radical (unpaired) electrons. The van der Waals surface area contributed by atoms with Crippen molar-refractivity contribution >= 4 is 49.6 Å². The first-order valence-corrected chi connectivity index (χ1v) is 21.3. The van der Waals surface area contributed by atoms with E-state index in [0.717, 1.165) is 56.2 Å². The number of rotatable bonds is 6. The van der Waals surface area contributed by atoms with Crippen LogP contribution in [0, 0.1) is 0 Å². The van der Waals surface area contributed by atoms with Crippen molar-refractivity contribution in [1.29, 1.82) is 0 Å². The van der Waals surface area contributed by atoms with Crippen LogP contribution in [0.25, 0.3) is 60.5 Å². The van der Waals surface area contributed by atoms with Gasteiger partial charge in [-0.1, -0.05) is 182 Å². The van der Waals surface area contributed by atoms with E-state index in [0.29, 0.717) is 0 Å². The molecule has 0 fully saturated rings. The SMILES string of the molecule is c1ccc(C2(c3ccc(N(c4cccc(-c5cccc6ccccc56)c4)c4cccc5c6cccc7c6n(c45)-c4ccccc4O7)cc3)c3ccccc3-c3ccccc32)cc1. The number of ether oxygens (including phenoxy) is 1. The van der Waals surface area contributed by atoms with Crippen molar-refractivity contribution in [3.63, 3.8) is 0 Å². The number of para-hydroxylation sites is 4. The number of anilines is 3. The van der Waals surface area contributed by atoms with E-state index in [-0.39, 0.29) is 0 Å². The van der Waals surface area contributed by atoms with Crippen LogP contribution < -0.4 is 9.64 Å². The molecule has 0 saturated carbocycles. The van der Waals surface area contributed by atoms with Crippen LogP contribution in [0.3, 0.4) is 0 Å². The van der Waals surface area contributed by atoms with Gasteiger partial charge in [-0.05, 0) is 104 Å². The van der Waals surface area contributed by atoms with Gasteiger partial charge in [0.05, 0.1) is 27.8 Å². The Balaban J connectivity index is 1.07. The number of benzene rings is 10. The van der Waals surface area contributed by atoms with E-state index in [1.54, 1.807) is 0 Å². The Labute approximate surface area is 360 Å². The van der Waals surface area contributed by atoms with E-state index < -0.39 is 5.41 Å². The fraction of sp³-hybridized carbons (Fsp3) is 0.0169. The minimum absolute atomic E-state index is 0.490. The molecule has 0 bridgehead atoms. The molecule has 0 N–H and O–H groups in total. The zero-order valence-corrected chi connectivity index (χ0v) is 33.7. The second-order valence-corrected chi connectivity index (χ2v) is 16.4. The van der Waals surface area contributed by atoms with Gasteiger partial charge in [-0.3, -0.25) is 0 Å². The largest absolute Gasteiger partial charge is 0.453 e. The third-order valence-corrected chi connectivity index (χ3v) is 13.2. The number of hydrogen-bond donors (Lipinski definition) is 0. The standard InChI is InChI=1S/C59H38N2O/c1-2-19-41(20-3-1)59(51-28-8-6-23-47(51)48-24-7-9-29-52(48)59)42-34-36-43(37-35-42)60(44-21-12-18-40(38-44)46-25-13-17-39-16-4-5-22-45(39)46)54-31-14-26-49-50-27-15-33-56-58(50)61(57(49)54)53-30-10-11-32-55(53)62-56/h1-38H. The number of fused-ring (bicyclic) bond motifs is 9. The first-order valence-electron chi connectivity index (χ1n) is 21.3. The van der Waals surface area contributed by atoms with Crippen molar-refractivity contribution in [3.8, 4) is 39.4 Å². The molecule has 0 spiro atoms. The first-order chi connectivity index (χ1) is 30.8. The summed E-state index contributed by atoms with van der Waals surface area (Å²) in [5.41, 5.74) is 16.0. The molecule has 2 heterocycles. The smallest absolute Gasteiger partial charge is 0.152 e. The van der Waals surface area contributed by atoms with Crippen molar-refractivity contribution in [2.45, 2.75) is 5.41 Å². The van der Waals surface area contributed by atoms with Crippen molar-refractivity contribution in [2.24, 2.45) is 0 Å². The fourth-order valence-electron chi connectivity index (χ4n) is 10.7. The van der Waals surface area contributed by atoms with Crippen LogP contribution in [0.1, 0.15) is 22.3 Å². The lowest BCUT2D eigenvalue weighted by Gasteiger charge is -2.34. The maximum absolute atomic E-state index is 6.57. The molecule has 10 aromatic carbocycles. The highest BCUT2D eigenvalue weighted by Gasteiger charge is 2.45. The Morgan fingerprint density at radius 3 is 1.79 bits per heavy atom. The maximum Gasteiger partial charge on any atom is 0.152 e. The number of nitrogens with zero attached hydrogens (tertiary/aromatic N) is 2. The average molecular weight is 791 g/mol. The lowest BCUT2D eigenvalue weighted by atomic mass is 9.68. The summed E-state index contributed by atoms with van der Waals surface area (Å²) in [7, 11) is 0. The van der Waals surface area contributed by atoms with Crippen molar-refractivity contribution < 1.29 is 4.74 Å². The van der Waals surface area contributed by atoms with E-state index in [1.807, 2.05) is 6.07 Å². The van der Waals surface area contributed by atoms with Crippen molar-refractivity contribution in [3.05, 3.63) is 253 Å². The van der Waals surface area contributed by atoms with Gasteiger partial charge in [-0.25, -0.2) is 0 Å². The molecular formula is C59H38N2O. The summed E-state index contributed by atoms with van der Waals surface area (Å²) in [4.78, 5) is 2.45. The summed E-state index contributed by atoms with van der Waals surface area (Å²) in [5.74, 6) is 1.71. The predicted octanol–water partition coefficient (Wildman–Crippen LogP) is 15.5. The molecule has 3 nitrogen and oxygen atoms in total. The first kappa shape index (κ1) is 34.7. The summed E-state index contributed by atoms with van der Waals surface area (Å²) in [6, 6.07) is 84.1. The van der Waals surface area contributed by atoms with Crippen LogP contribution in [-0.2, 0) is 5.41 Å². The van der Waals surface area contributed by atoms with Gasteiger partial charge >= 0.3 is 0 Å². The Hall–Kier alpha value is -8.14. The molecule has 0 atom stereocenters. The molecule has 0 unspecified atom stereocenters. The van der Waals surface area contributed by atoms with Gasteiger partial charge in [0, 0.05) is 22.1 Å². The Kier molecular flexibility index (Phi) is 7.52. The molecule has 2 aliphatic rings. The highest BCUT2D eigenvalue weighted by Crippen LogP contribution is 2.57. The van der Waals surface area contributed by atoms with Gasteiger partial charge in [0.25, 0.3) is 0 Å². The van der Waals surface area contributed by atoms with Crippen LogP contribution in [0.2, 0.25) is 0 Å². The van der Waals surface area contributed by atoms with Gasteiger partial charge in [0.15, 0.2) is 11.5 Å². The predicted molar refractivity (Wildman–Crippen MR) is 256 cm³/mol. The van der Waals surface area contributed by atoms with Crippen molar-refractivity contribution in [1.82, 2.24) is 4.57 Å². The second kappa shape index (κ2) is 13.4. The zero-order valence-electron chi connectivity index (χ0n) is 33.7. The van der Waals surface area contributed by atoms with E-state index >= 15 is 0 Å². The topological polar surface area (TPSA) is 17.4 Å². The highest BCUT2D eigenvalue weighted by atomic mass is 16.5. The quantitative estimate of drug-likeness (QED) is 0.167. The molecule has 13 rings (SSSR count). The van der Waals surface area contributed by atoms with Gasteiger partial charge < -0.3 is 14.2 Å². The normalized spacial score (nSPS) is 13.1. The average Bonchev–Trinajstić information content (AvgIpc) is 3.85. The summed E-state index contributed by atoms with van der Waals surface area (Å²) in [6.45, 7) is 0. The monoisotopic (exact) mass is 790 g/mol. The van der Waals surface area contributed by atoms with Crippen LogP contribution in [0.4, 0.5) is 17.1 Å². The molecule has 1 aliphatic heterocycles. The van der Waals surface area contributed by atoms with Crippen LogP contribution in [0.5, 0.6) is 11.5 Å². The molecule has 290 valence electrons. The Morgan fingerprint density at radius 1 is 0.387 bits per heavy atom. The summed E-state index contributed by atoms with van der Waals surface area (Å²) in [5, 5.41) is 4.80. The lowest BCUT2D eigenvalue weighted by Crippen LogP contribution is -2.28. The Bertz CT molecular complexity index is 3510. The molecule has 0 saturated heterocycles. The second-order valence-electron chi connectivity index (χ2n) is 16.4. The summed E-state index contributed by atoms with van der Waals surface area (Å²) >= 11 is 0. The minimum atomic E-state index is -0.490. The lowest BCUT2D eigenvalue weighted by molar-refractivity contribution is 0.476. The molecule has 0 amide bonds. The third-order valence-electron chi connectivity index (χ3n) is 13.2. The molecule has 1 aliphatic carbocycles. The van der Waals surface area contributed by atoms with E-state index in [2.05, 4.69) is 234 Å². The highest BCUT2D eigenvalue weighted by molar-refractivity contribution is 6.16. The Morgan fingerprint density at radius 2 is 0.968 bits per heavy atom. The van der Waals surface area contributed by atoms with E-state index in [9.17, 15) is 0 Å². The molecule has 11 aromatic rings. The van der Waals surface area contributed by atoms with Crippen LogP contribution in [-0.4, -0.2) is 4.57 Å². The zero-order chi connectivity index (χ0) is 40.8. The molecule has 62 heavy (non-hydrogen) atoms. The van der Waals surface area contributed by atoms with E-state index in [4.69, 9.17) is 4.74 Å². The van der Waals surface area contributed by atoms with Gasteiger partial charge in [-0.2, -0.15) is 0 Å². The van der Waals surface area contributed by atoms with Crippen molar-refractivity contribution in [2.75, 3.05) is 4.90 Å². The summed E-state index contributed by atoms with van der Waals surface area (Å²) < 4.78 is 8.99. The maximum atomic E-state index is 6.57. The number of aromatic nitrogens is 1. The molecule has 1 aromatic heterocycles. The fourth-order valence-corrected chi connectivity index (χ4v) is 10.7. The molecular weight excluding hydrogens is 753 g/mol. The van der Waals surface area contributed by atoms with Gasteiger partial charge in [0.1, 0.15) is 0 Å². The summed E-state index contributed by atoms with van der Waals surface area (Å²) in [6.07, 6.45) is 0. The third kappa shape index (κ3) is 4.88. The number of hydrogen-bond acceptors (Lipinski definition) is 2. The van der Waals surface area contributed by atoms with E-state index in [1.165, 1.54) is 55.1 Å². The molecule has 3 heteroatoms. The van der Waals surface area contributed by atoms with Crippen LogP contribution >= 0.6 is 0 Å². The van der Waals surface area contributed by atoms with Gasteiger partial charge in [0.2, 0.25) is 0 Å². The van der Waals surface area contributed by atoms with Crippen LogP contribution in [0.15, 0.2) is 231 Å².